The summed E-state index contributed by atoms with van der Waals surface area (Å²) in [5.41, 5.74) is 9.71. The number of nitrogens with one attached hydrogen (secondary N) is 1. The van der Waals surface area contributed by atoms with Crippen molar-refractivity contribution in [1.82, 2.24) is 5.32 Å². The third-order valence-electron chi connectivity index (χ3n) is 2.47. The first kappa shape index (κ1) is 16.7. The van der Waals surface area contributed by atoms with Crippen molar-refractivity contribution in [2.24, 2.45) is 11.5 Å². The van der Waals surface area contributed by atoms with E-state index in [-0.39, 0.29) is 19.0 Å². The Labute approximate surface area is 116 Å². The molecule has 0 spiro atoms. The highest BCUT2D eigenvalue weighted by molar-refractivity contribution is 6.30. The topological polar surface area (TPSA) is 98.2 Å². The Kier molecular flexibility index (Phi) is 6.11. The van der Waals surface area contributed by atoms with Crippen molar-refractivity contribution in [3.05, 3.63) is 34.9 Å². The minimum Gasteiger partial charge on any atom is -0.367 e. The van der Waals surface area contributed by atoms with Gasteiger partial charge < -0.3 is 16.8 Å². The predicted octanol–water partition coefficient (Wildman–Crippen LogP) is 0.537. The quantitative estimate of drug-likeness (QED) is 0.755. The summed E-state index contributed by atoms with van der Waals surface area (Å²) in [4.78, 5) is 22.8. The van der Waals surface area contributed by atoms with Gasteiger partial charge in [0.05, 0.1) is 6.54 Å². The predicted molar refractivity (Wildman–Crippen MR) is 72.4 cm³/mol. The van der Waals surface area contributed by atoms with E-state index in [9.17, 15) is 9.59 Å². The third-order valence-corrected chi connectivity index (χ3v) is 2.70. The van der Waals surface area contributed by atoms with Gasteiger partial charge in [0.15, 0.2) is 0 Å². The molecule has 0 saturated heterocycles. The van der Waals surface area contributed by atoms with Crippen LogP contribution >= 0.6 is 24.0 Å². The van der Waals surface area contributed by atoms with E-state index in [1.165, 1.54) is 6.92 Å². The fraction of sp³-hybridized carbons (Fsp3) is 0.273. The molecule has 5 nitrogen and oxygen atoms in total. The molecular weight excluding hydrogens is 277 g/mol. The van der Waals surface area contributed by atoms with Crippen molar-refractivity contribution in [1.29, 1.82) is 0 Å². The van der Waals surface area contributed by atoms with Crippen LogP contribution in [0.1, 0.15) is 12.5 Å². The van der Waals surface area contributed by atoms with Gasteiger partial charge in [0.25, 0.3) is 0 Å². The van der Waals surface area contributed by atoms with Crippen molar-refractivity contribution >= 4 is 35.8 Å². The number of benzene rings is 1. The highest BCUT2D eigenvalue weighted by Crippen LogP contribution is 2.23. The number of halogens is 2. The zero-order valence-corrected chi connectivity index (χ0v) is 11.3. The van der Waals surface area contributed by atoms with Gasteiger partial charge in [0.1, 0.15) is 5.54 Å². The molecule has 0 aromatic heterocycles. The fourth-order valence-electron chi connectivity index (χ4n) is 1.41. The summed E-state index contributed by atoms with van der Waals surface area (Å²) in [6.45, 7) is 1.29. The second kappa shape index (κ2) is 6.58. The van der Waals surface area contributed by atoms with Gasteiger partial charge in [0.2, 0.25) is 11.8 Å². The molecular formula is C11H15Cl2N3O2. The van der Waals surface area contributed by atoms with Crippen LogP contribution in [0.15, 0.2) is 24.3 Å². The Morgan fingerprint density at radius 1 is 1.44 bits per heavy atom. The minimum atomic E-state index is -1.32. The van der Waals surface area contributed by atoms with Crippen LogP contribution in [0, 0.1) is 0 Å². The molecule has 1 atom stereocenters. The Balaban J connectivity index is 0.00000289. The lowest BCUT2D eigenvalue weighted by molar-refractivity contribution is -0.130. The van der Waals surface area contributed by atoms with Crippen molar-refractivity contribution in [2.75, 3.05) is 6.54 Å². The molecule has 7 heteroatoms. The number of carbonyl (C=O) groups is 2. The zero-order chi connectivity index (χ0) is 13.1. The molecule has 0 radical (unpaired) electrons. The smallest absolute Gasteiger partial charge is 0.247 e. The second-order valence-corrected chi connectivity index (χ2v) is 4.19. The van der Waals surface area contributed by atoms with Crippen LogP contribution < -0.4 is 16.8 Å². The number of hydrogen-bond donors (Lipinski definition) is 3. The number of amides is 2. The second-order valence-electron chi connectivity index (χ2n) is 3.75. The van der Waals surface area contributed by atoms with E-state index in [1.807, 2.05) is 0 Å². The first-order chi connectivity index (χ1) is 7.90. The molecule has 0 saturated carbocycles. The molecule has 5 N–H and O–H groups in total. The molecule has 0 heterocycles. The van der Waals surface area contributed by atoms with Crippen molar-refractivity contribution in [3.63, 3.8) is 0 Å². The van der Waals surface area contributed by atoms with Gasteiger partial charge in [-0.05, 0) is 24.6 Å². The van der Waals surface area contributed by atoms with Gasteiger partial charge in [-0.15, -0.1) is 12.4 Å². The number of primary amides is 1. The third kappa shape index (κ3) is 3.60. The summed E-state index contributed by atoms with van der Waals surface area (Å²) < 4.78 is 0. The van der Waals surface area contributed by atoms with Crippen molar-refractivity contribution in [2.45, 2.75) is 12.5 Å². The van der Waals surface area contributed by atoms with Gasteiger partial charge >= 0.3 is 0 Å². The van der Waals surface area contributed by atoms with E-state index < -0.39 is 17.4 Å². The zero-order valence-electron chi connectivity index (χ0n) is 9.77. The van der Waals surface area contributed by atoms with E-state index in [2.05, 4.69) is 5.32 Å². The number of rotatable bonds is 4. The first-order valence-electron chi connectivity index (χ1n) is 4.97. The van der Waals surface area contributed by atoms with Gasteiger partial charge in [-0.3, -0.25) is 9.59 Å². The lowest BCUT2D eigenvalue weighted by Crippen LogP contribution is -2.54. The van der Waals surface area contributed by atoms with Crippen molar-refractivity contribution < 1.29 is 9.59 Å². The van der Waals surface area contributed by atoms with Crippen LogP contribution in [0.2, 0.25) is 5.02 Å². The first-order valence-corrected chi connectivity index (χ1v) is 5.35. The fourth-order valence-corrected chi connectivity index (χ4v) is 1.60. The normalized spacial score (nSPS) is 13.1. The van der Waals surface area contributed by atoms with Crippen LogP contribution in [-0.4, -0.2) is 18.4 Å². The summed E-state index contributed by atoms with van der Waals surface area (Å²) in [6.07, 6.45) is 0. The minimum absolute atomic E-state index is 0. The summed E-state index contributed by atoms with van der Waals surface area (Å²) >= 11 is 5.84. The van der Waals surface area contributed by atoms with E-state index in [1.54, 1.807) is 24.3 Å². The summed E-state index contributed by atoms with van der Waals surface area (Å²) in [6, 6.07) is 6.57. The maximum Gasteiger partial charge on any atom is 0.247 e. The largest absolute Gasteiger partial charge is 0.367 e. The monoisotopic (exact) mass is 291 g/mol. The average Bonchev–Trinajstić information content (AvgIpc) is 2.28. The van der Waals surface area contributed by atoms with E-state index >= 15 is 0 Å². The average molecular weight is 292 g/mol. The number of carbonyl (C=O) groups excluding carboxylic acids is 2. The maximum atomic E-state index is 11.5. The molecule has 1 unspecified atom stereocenters. The molecule has 0 fully saturated rings. The molecule has 0 aliphatic rings. The molecule has 18 heavy (non-hydrogen) atoms. The van der Waals surface area contributed by atoms with E-state index in [4.69, 9.17) is 23.1 Å². The molecule has 0 bridgehead atoms. The van der Waals surface area contributed by atoms with E-state index in [0.29, 0.717) is 10.6 Å². The lowest BCUT2D eigenvalue weighted by Gasteiger charge is -2.27. The number of hydrogen-bond acceptors (Lipinski definition) is 3. The van der Waals surface area contributed by atoms with Gasteiger partial charge in [-0.1, -0.05) is 23.7 Å². The van der Waals surface area contributed by atoms with Crippen LogP contribution in [0.3, 0.4) is 0 Å². The Morgan fingerprint density at radius 3 is 2.50 bits per heavy atom. The molecule has 2 amide bonds. The molecule has 1 aromatic carbocycles. The molecule has 1 rings (SSSR count). The van der Waals surface area contributed by atoms with Crippen LogP contribution in [0.5, 0.6) is 0 Å². The molecule has 0 aliphatic carbocycles. The van der Waals surface area contributed by atoms with Crippen LogP contribution in [0.25, 0.3) is 0 Å². The number of nitrogens with two attached hydrogens (primary N) is 2. The summed E-state index contributed by atoms with van der Waals surface area (Å²) in [7, 11) is 0. The Hall–Kier alpha value is -1.30. The maximum absolute atomic E-state index is 11.5. The molecule has 100 valence electrons. The van der Waals surface area contributed by atoms with Gasteiger partial charge in [-0.25, -0.2) is 0 Å². The standard InChI is InChI=1S/C11H14ClN3O2.ClH/c1-11(10(14)17,15-9(16)6-13)7-3-2-4-8(12)5-7;/h2-5H,6,13H2,1H3,(H2,14,17)(H,15,16);1H. The SMILES string of the molecule is CC(NC(=O)CN)(C(N)=O)c1cccc(Cl)c1.Cl. The highest BCUT2D eigenvalue weighted by Gasteiger charge is 2.34. The summed E-state index contributed by atoms with van der Waals surface area (Å²) in [5.74, 6) is -1.15. The van der Waals surface area contributed by atoms with Crippen LogP contribution in [0.4, 0.5) is 0 Å². The Morgan fingerprint density at radius 2 is 2.06 bits per heavy atom. The van der Waals surface area contributed by atoms with E-state index in [0.717, 1.165) is 0 Å². The Bertz CT molecular complexity index is 454. The molecule has 1 aromatic rings. The van der Waals surface area contributed by atoms with Gasteiger partial charge in [0, 0.05) is 5.02 Å². The lowest BCUT2D eigenvalue weighted by atomic mass is 9.91. The van der Waals surface area contributed by atoms with Crippen molar-refractivity contribution in [3.8, 4) is 0 Å². The summed E-state index contributed by atoms with van der Waals surface area (Å²) in [5, 5.41) is 2.94. The highest BCUT2D eigenvalue weighted by atomic mass is 35.5. The van der Waals surface area contributed by atoms with Crippen LogP contribution in [-0.2, 0) is 15.1 Å². The molecule has 0 aliphatic heterocycles. The van der Waals surface area contributed by atoms with Gasteiger partial charge in [-0.2, -0.15) is 0 Å².